The second-order valence-electron chi connectivity index (χ2n) is 6.00. The number of hydrogen-bond donors (Lipinski definition) is 1. The largest absolute Gasteiger partial charge is 0.365 e. The molecule has 1 N–H and O–H groups in total. The molecule has 2 amide bonds. The Bertz CT molecular complexity index is 758. The minimum atomic E-state index is -0.0669. The minimum absolute atomic E-state index is 0.0509. The molecule has 3 rings (SSSR count). The van der Waals surface area contributed by atoms with Gasteiger partial charge in [-0.1, -0.05) is 18.2 Å². The van der Waals surface area contributed by atoms with Gasteiger partial charge in [0, 0.05) is 37.6 Å². The monoisotopic (exact) mass is 323 g/mol. The van der Waals surface area contributed by atoms with Gasteiger partial charge in [-0.15, -0.1) is 0 Å². The first-order chi connectivity index (χ1) is 11.5. The molecule has 5 heteroatoms. The third-order valence-corrected chi connectivity index (χ3v) is 4.22. The fourth-order valence-corrected chi connectivity index (χ4v) is 3.00. The number of carbonyl (C=O) groups is 2. The Morgan fingerprint density at radius 2 is 1.92 bits per heavy atom. The number of nitrogens with zero attached hydrogens (tertiary/aromatic N) is 2. The smallest absolute Gasteiger partial charge is 0.243 e. The van der Waals surface area contributed by atoms with E-state index in [2.05, 4.69) is 5.32 Å². The normalized spacial score (nSPS) is 12.7. The van der Waals surface area contributed by atoms with Crippen molar-refractivity contribution < 1.29 is 9.59 Å². The minimum Gasteiger partial charge on any atom is -0.365 e. The van der Waals surface area contributed by atoms with Gasteiger partial charge in [0.25, 0.3) is 0 Å². The highest BCUT2D eigenvalue weighted by Crippen LogP contribution is 2.30. The van der Waals surface area contributed by atoms with Gasteiger partial charge in [-0.2, -0.15) is 0 Å². The summed E-state index contributed by atoms with van der Waals surface area (Å²) < 4.78 is 0. The van der Waals surface area contributed by atoms with Crippen LogP contribution in [0.1, 0.15) is 12.5 Å². The van der Waals surface area contributed by atoms with Gasteiger partial charge in [0.15, 0.2) is 0 Å². The standard InChI is InChI=1S/C19H21N3O2/c1-14(23)22-11-10-15-12-16(8-9-18(15)22)20-19(24)13-21(2)17-6-4-3-5-7-17/h3-9,12H,10-11,13H2,1-2H3,(H,20,24). The third-order valence-electron chi connectivity index (χ3n) is 4.22. The molecular formula is C19H21N3O2. The maximum absolute atomic E-state index is 12.3. The first kappa shape index (κ1) is 16.1. The second-order valence-corrected chi connectivity index (χ2v) is 6.00. The zero-order valence-corrected chi connectivity index (χ0v) is 14.0. The van der Waals surface area contributed by atoms with Crippen LogP contribution in [0.25, 0.3) is 0 Å². The fourth-order valence-electron chi connectivity index (χ4n) is 3.00. The number of likely N-dealkylation sites (N-methyl/N-ethyl adjacent to an activating group) is 1. The number of para-hydroxylation sites is 1. The number of rotatable bonds is 4. The first-order valence-corrected chi connectivity index (χ1v) is 8.01. The van der Waals surface area contributed by atoms with Crippen molar-refractivity contribution in [2.75, 3.05) is 35.3 Å². The molecule has 2 aromatic carbocycles. The highest BCUT2D eigenvalue weighted by atomic mass is 16.2. The maximum Gasteiger partial charge on any atom is 0.243 e. The van der Waals surface area contributed by atoms with Crippen LogP contribution in [0.3, 0.4) is 0 Å². The van der Waals surface area contributed by atoms with Crippen LogP contribution in [0.15, 0.2) is 48.5 Å². The number of hydrogen-bond acceptors (Lipinski definition) is 3. The molecule has 5 nitrogen and oxygen atoms in total. The summed E-state index contributed by atoms with van der Waals surface area (Å²) in [6.07, 6.45) is 0.822. The molecule has 24 heavy (non-hydrogen) atoms. The number of carbonyl (C=O) groups excluding carboxylic acids is 2. The van der Waals surface area contributed by atoms with Gasteiger partial charge in [-0.25, -0.2) is 0 Å². The summed E-state index contributed by atoms with van der Waals surface area (Å²) in [5.74, 6) is -0.0160. The van der Waals surface area contributed by atoms with Crippen molar-refractivity contribution in [2.24, 2.45) is 0 Å². The van der Waals surface area contributed by atoms with Crippen LogP contribution in [0.4, 0.5) is 17.1 Å². The van der Waals surface area contributed by atoms with E-state index in [1.807, 2.05) is 60.5 Å². The van der Waals surface area contributed by atoms with Crippen molar-refractivity contribution in [1.29, 1.82) is 0 Å². The quantitative estimate of drug-likeness (QED) is 0.941. The Morgan fingerprint density at radius 1 is 1.17 bits per heavy atom. The summed E-state index contributed by atoms with van der Waals surface area (Å²) in [7, 11) is 1.89. The molecular weight excluding hydrogens is 302 g/mol. The molecule has 0 spiro atoms. The maximum atomic E-state index is 12.3. The zero-order chi connectivity index (χ0) is 17.1. The lowest BCUT2D eigenvalue weighted by atomic mass is 10.1. The molecule has 0 saturated carbocycles. The Balaban J connectivity index is 1.64. The third kappa shape index (κ3) is 3.40. The highest BCUT2D eigenvalue weighted by Gasteiger charge is 2.22. The molecule has 124 valence electrons. The zero-order valence-electron chi connectivity index (χ0n) is 14.0. The van der Waals surface area contributed by atoms with Crippen molar-refractivity contribution in [3.63, 3.8) is 0 Å². The van der Waals surface area contributed by atoms with Gasteiger partial charge >= 0.3 is 0 Å². The molecule has 0 fully saturated rings. The molecule has 0 unspecified atom stereocenters. The lowest BCUT2D eigenvalue weighted by Gasteiger charge is -2.19. The SMILES string of the molecule is CC(=O)N1CCc2cc(NC(=O)CN(C)c3ccccc3)ccc21. The summed E-state index contributed by atoms with van der Waals surface area (Å²) in [4.78, 5) is 27.5. The van der Waals surface area contributed by atoms with Gasteiger partial charge in [0.2, 0.25) is 11.8 Å². The van der Waals surface area contributed by atoms with Crippen molar-refractivity contribution in [3.05, 3.63) is 54.1 Å². The van der Waals surface area contributed by atoms with E-state index in [1.165, 1.54) is 0 Å². The lowest BCUT2D eigenvalue weighted by molar-refractivity contribution is -0.116. The van der Waals surface area contributed by atoms with E-state index in [0.717, 1.165) is 29.0 Å². The molecule has 1 heterocycles. The molecule has 0 radical (unpaired) electrons. The molecule has 0 saturated heterocycles. The number of anilines is 3. The number of benzene rings is 2. The van der Waals surface area contributed by atoms with Crippen LogP contribution < -0.4 is 15.1 Å². The molecule has 0 aromatic heterocycles. The summed E-state index contributed by atoms with van der Waals surface area (Å²) >= 11 is 0. The van der Waals surface area contributed by atoms with E-state index < -0.39 is 0 Å². The molecule has 0 atom stereocenters. The van der Waals surface area contributed by atoms with E-state index in [1.54, 1.807) is 11.8 Å². The Morgan fingerprint density at radius 3 is 2.62 bits per heavy atom. The second kappa shape index (κ2) is 6.74. The number of nitrogens with one attached hydrogen (secondary N) is 1. The molecule has 0 bridgehead atoms. The van der Waals surface area contributed by atoms with E-state index in [4.69, 9.17) is 0 Å². The van der Waals surface area contributed by atoms with Crippen LogP contribution in [-0.2, 0) is 16.0 Å². The topological polar surface area (TPSA) is 52.7 Å². The Hall–Kier alpha value is -2.82. The summed E-state index contributed by atoms with van der Waals surface area (Å²) in [5.41, 5.74) is 3.81. The molecule has 2 aromatic rings. The van der Waals surface area contributed by atoms with E-state index >= 15 is 0 Å². The summed E-state index contributed by atoms with van der Waals surface area (Å²) in [6.45, 7) is 2.56. The predicted octanol–water partition coefficient (Wildman–Crippen LogP) is 2.67. The van der Waals surface area contributed by atoms with E-state index in [0.29, 0.717) is 6.54 Å². The van der Waals surface area contributed by atoms with E-state index in [9.17, 15) is 9.59 Å². The molecule has 1 aliphatic heterocycles. The van der Waals surface area contributed by atoms with Crippen LogP contribution >= 0.6 is 0 Å². The first-order valence-electron chi connectivity index (χ1n) is 8.01. The molecule has 0 aliphatic carbocycles. The van der Waals surface area contributed by atoms with Crippen molar-refractivity contribution in [3.8, 4) is 0 Å². The van der Waals surface area contributed by atoms with Gasteiger partial charge < -0.3 is 15.1 Å². The van der Waals surface area contributed by atoms with Crippen molar-refractivity contribution >= 4 is 28.9 Å². The summed E-state index contributed by atoms with van der Waals surface area (Å²) in [5, 5.41) is 2.93. The van der Waals surface area contributed by atoms with Gasteiger partial charge in [-0.05, 0) is 42.3 Å². The predicted molar refractivity (Wildman–Crippen MR) is 96.5 cm³/mol. The van der Waals surface area contributed by atoms with Gasteiger partial charge in [0.1, 0.15) is 0 Å². The Labute approximate surface area is 141 Å². The lowest BCUT2D eigenvalue weighted by Crippen LogP contribution is -2.30. The average molecular weight is 323 g/mol. The highest BCUT2D eigenvalue weighted by molar-refractivity contribution is 5.96. The van der Waals surface area contributed by atoms with Crippen LogP contribution in [0, 0.1) is 0 Å². The number of amides is 2. The van der Waals surface area contributed by atoms with Crippen LogP contribution in [0.5, 0.6) is 0 Å². The van der Waals surface area contributed by atoms with Gasteiger partial charge in [-0.3, -0.25) is 9.59 Å². The fraction of sp³-hybridized carbons (Fsp3) is 0.263. The number of fused-ring (bicyclic) bond motifs is 1. The van der Waals surface area contributed by atoms with Gasteiger partial charge in [0.05, 0.1) is 6.54 Å². The van der Waals surface area contributed by atoms with Crippen LogP contribution in [0.2, 0.25) is 0 Å². The molecule has 1 aliphatic rings. The van der Waals surface area contributed by atoms with Crippen LogP contribution in [-0.4, -0.2) is 32.0 Å². The van der Waals surface area contributed by atoms with Crippen molar-refractivity contribution in [1.82, 2.24) is 0 Å². The Kier molecular flexibility index (Phi) is 4.51. The average Bonchev–Trinajstić information content (AvgIpc) is 2.99. The van der Waals surface area contributed by atoms with Crippen molar-refractivity contribution in [2.45, 2.75) is 13.3 Å². The summed E-state index contributed by atoms with van der Waals surface area (Å²) in [6, 6.07) is 15.5. The van der Waals surface area contributed by atoms with E-state index in [-0.39, 0.29) is 18.4 Å².